The molecule has 0 aliphatic carbocycles. The van der Waals surface area contributed by atoms with E-state index in [0.717, 1.165) is 63.8 Å². The van der Waals surface area contributed by atoms with Crippen LogP contribution in [-0.4, -0.2) is 57.3 Å². The molecule has 1 saturated heterocycles. The van der Waals surface area contributed by atoms with E-state index in [1.54, 1.807) is 7.05 Å². The fraction of sp³-hybridized carbons (Fsp3) is 0.611. The van der Waals surface area contributed by atoms with Crippen LogP contribution in [0.3, 0.4) is 0 Å². The summed E-state index contributed by atoms with van der Waals surface area (Å²) in [5, 5.41) is 6.73. The summed E-state index contributed by atoms with van der Waals surface area (Å²) in [6.07, 6.45) is 2.27. The van der Waals surface area contributed by atoms with Crippen molar-refractivity contribution >= 4 is 29.9 Å². The number of hydrogen-bond acceptors (Lipinski definition) is 3. The molecule has 1 fully saturated rings. The Hall–Kier alpha value is -0.930. The summed E-state index contributed by atoms with van der Waals surface area (Å²) in [4.78, 5) is 6.65. The quantitative estimate of drug-likeness (QED) is 0.282. The van der Waals surface area contributed by atoms with E-state index >= 15 is 0 Å². The molecule has 142 valence electrons. The van der Waals surface area contributed by atoms with Gasteiger partial charge < -0.3 is 15.4 Å². The van der Waals surface area contributed by atoms with Crippen molar-refractivity contribution in [2.75, 3.05) is 46.4 Å². The number of morpholine rings is 1. The third-order valence-electron chi connectivity index (χ3n) is 4.25. The Labute approximate surface area is 167 Å². The first-order valence-corrected chi connectivity index (χ1v) is 8.76. The van der Waals surface area contributed by atoms with E-state index in [-0.39, 0.29) is 35.8 Å². The number of nitrogens with zero attached hydrogens (tertiary/aromatic N) is 2. The molecule has 0 radical (unpaired) electrons. The van der Waals surface area contributed by atoms with E-state index in [9.17, 15) is 4.39 Å². The zero-order chi connectivity index (χ0) is 17.2. The molecule has 0 saturated carbocycles. The Kier molecular flexibility index (Phi) is 11.0. The van der Waals surface area contributed by atoms with Gasteiger partial charge in [0.2, 0.25) is 0 Å². The SMILES string of the molecule is CCCCNC(=NC)NCC(c1ccc(F)cc1)N1CCOCC1.I. The molecule has 25 heavy (non-hydrogen) atoms. The second-order valence-electron chi connectivity index (χ2n) is 5.95. The van der Waals surface area contributed by atoms with Crippen molar-refractivity contribution in [1.82, 2.24) is 15.5 Å². The van der Waals surface area contributed by atoms with Crippen LogP contribution in [0.5, 0.6) is 0 Å². The van der Waals surface area contributed by atoms with Crippen LogP contribution in [0.2, 0.25) is 0 Å². The number of benzene rings is 1. The number of guanidine groups is 1. The van der Waals surface area contributed by atoms with Crippen LogP contribution in [0.25, 0.3) is 0 Å². The van der Waals surface area contributed by atoms with Crippen LogP contribution in [-0.2, 0) is 4.74 Å². The Bertz CT molecular complexity index is 506. The standard InChI is InChI=1S/C18H29FN4O.HI/c1-3-4-9-21-18(20-2)22-14-17(23-10-12-24-13-11-23)15-5-7-16(19)8-6-15;/h5-8,17H,3-4,9-14H2,1-2H3,(H2,20,21,22);1H. The first-order valence-electron chi connectivity index (χ1n) is 8.76. The van der Waals surface area contributed by atoms with Crippen molar-refractivity contribution < 1.29 is 9.13 Å². The average molecular weight is 464 g/mol. The van der Waals surface area contributed by atoms with Gasteiger partial charge in [0.1, 0.15) is 5.82 Å². The van der Waals surface area contributed by atoms with Gasteiger partial charge in [0.05, 0.1) is 19.3 Å². The molecule has 1 atom stereocenters. The predicted molar refractivity (Wildman–Crippen MR) is 111 cm³/mol. The number of hydrogen-bond donors (Lipinski definition) is 2. The first kappa shape index (κ1) is 22.1. The third-order valence-corrected chi connectivity index (χ3v) is 4.25. The minimum atomic E-state index is -0.204. The van der Waals surface area contributed by atoms with Gasteiger partial charge in [0, 0.05) is 33.2 Å². The van der Waals surface area contributed by atoms with Crippen molar-refractivity contribution in [2.45, 2.75) is 25.8 Å². The first-order chi connectivity index (χ1) is 11.7. The molecule has 0 bridgehead atoms. The molecule has 1 heterocycles. The Balaban J connectivity index is 0.00000312. The van der Waals surface area contributed by atoms with Gasteiger partial charge in [0.15, 0.2) is 5.96 Å². The normalized spacial score (nSPS) is 16.8. The molecule has 5 nitrogen and oxygen atoms in total. The lowest BCUT2D eigenvalue weighted by Gasteiger charge is -2.35. The molecule has 1 aromatic rings. The maximum Gasteiger partial charge on any atom is 0.191 e. The van der Waals surface area contributed by atoms with Gasteiger partial charge in [0.25, 0.3) is 0 Å². The average Bonchev–Trinajstić information content (AvgIpc) is 2.63. The molecule has 0 aromatic heterocycles. The highest BCUT2D eigenvalue weighted by atomic mass is 127. The molecule has 0 amide bonds. The summed E-state index contributed by atoms with van der Waals surface area (Å²) >= 11 is 0. The number of rotatable bonds is 7. The van der Waals surface area contributed by atoms with Crippen molar-refractivity contribution in [3.8, 4) is 0 Å². The highest BCUT2D eigenvalue weighted by molar-refractivity contribution is 14.0. The van der Waals surface area contributed by atoms with Crippen molar-refractivity contribution in [3.63, 3.8) is 0 Å². The van der Waals surface area contributed by atoms with E-state index in [0.29, 0.717) is 0 Å². The van der Waals surface area contributed by atoms with Gasteiger partial charge in [-0.1, -0.05) is 25.5 Å². The monoisotopic (exact) mass is 464 g/mol. The minimum Gasteiger partial charge on any atom is -0.379 e. The van der Waals surface area contributed by atoms with Crippen LogP contribution in [0.15, 0.2) is 29.3 Å². The largest absolute Gasteiger partial charge is 0.379 e. The molecule has 1 aliphatic heterocycles. The smallest absolute Gasteiger partial charge is 0.191 e. The van der Waals surface area contributed by atoms with Gasteiger partial charge in [-0.15, -0.1) is 24.0 Å². The Morgan fingerprint density at radius 3 is 2.52 bits per heavy atom. The van der Waals surface area contributed by atoms with Crippen molar-refractivity contribution in [2.24, 2.45) is 4.99 Å². The number of halogens is 2. The maximum atomic E-state index is 13.3. The van der Waals surface area contributed by atoms with E-state index in [1.807, 2.05) is 12.1 Å². The van der Waals surface area contributed by atoms with Crippen LogP contribution in [0, 0.1) is 5.82 Å². The lowest BCUT2D eigenvalue weighted by molar-refractivity contribution is 0.0170. The summed E-state index contributed by atoms with van der Waals surface area (Å²) in [6, 6.07) is 6.95. The molecule has 0 spiro atoms. The second kappa shape index (κ2) is 12.4. The zero-order valence-electron chi connectivity index (χ0n) is 15.1. The van der Waals surface area contributed by atoms with E-state index in [2.05, 4.69) is 27.4 Å². The molecule has 2 rings (SSSR count). The van der Waals surface area contributed by atoms with Crippen LogP contribution < -0.4 is 10.6 Å². The highest BCUT2D eigenvalue weighted by Gasteiger charge is 2.22. The Morgan fingerprint density at radius 1 is 1.24 bits per heavy atom. The number of ether oxygens (including phenoxy) is 1. The van der Waals surface area contributed by atoms with Gasteiger partial charge in [-0.05, 0) is 24.1 Å². The van der Waals surface area contributed by atoms with Crippen molar-refractivity contribution in [3.05, 3.63) is 35.6 Å². The van der Waals surface area contributed by atoms with Crippen LogP contribution in [0.1, 0.15) is 31.4 Å². The van der Waals surface area contributed by atoms with Gasteiger partial charge in [-0.2, -0.15) is 0 Å². The van der Waals surface area contributed by atoms with E-state index in [4.69, 9.17) is 4.74 Å². The molecular weight excluding hydrogens is 434 g/mol. The van der Waals surface area contributed by atoms with Crippen LogP contribution in [0.4, 0.5) is 4.39 Å². The molecule has 2 N–H and O–H groups in total. The van der Waals surface area contributed by atoms with E-state index < -0.39 is 0 Å². The minimum absolute atomic E-state index is 0. The summed E-state index contributed by atoms with van der Waals surface area (Å²) in [7, 11) is 1.78. The number of unbranched alkanes of at least 4 members (excludes halogenated alkanes) is 1. The fourth-order valence-electron chi connectivity index (χ4n) is 2.83. The molecule has 1 unspecified atom stereocenters. The maximum absolute atomic E-state index is 13.3. The lowest BCUT2D eigenvalue weighted by atomic mass is 10.0. The molecule has 7 heteroatoms. The second-order valence-corrected chi connectivity index (χ2v) is 5.95. The van der Waals surface area contributed by atoms with Gasteiger partial charge in [-0.3, -0.25) is 9.89 Å². The van der Waals surface area contributed by atoms with Crippen molar-refractivity contribution in [1.29, 1.82) is 0 Å². The zero-order valence-corrected chi connectivity index (χ0v) is 17.5. The van der Waals surface area contributed by atoms with Gasteiger partial charge >= 0.3 is 0 Å². The van der Waals surface area contributed by atoms with Crippen LogP contribution >= 0.6 is 24.0 Å². The predicted octanol–water partition coefficient (Wildman–Crippen LogP) is 2.78. The summed E-state index contributed by atoms with van der Waals surface area (Å²) in [5.74, 6) is 0.605. The number of aliphatic imine (C=N–C) groups is 1. The summed E-state index contributed by atoms with van der Waals surface area (Å²) in [5.41, 5.74) is 1.11. The lowest BCUT2D eigenvalue weighted by Crippen LogP contribution is -2.46. The van der Waals surface area contributed by atoms with Gasteiger partial charge in [-0.25, -0.2) is 4.39 Å². The molecule has 1 aliphatic rings. The highest BCUT2D eigenvalue weighted by Crippen LogP contribution is 2.21. The molecule has 1 aromatic carbocycles. The topological polar surface area (TPSA) is 48.9 Å². The third kappa shape index (κ3) is 7.45. The van der Waals surface area contributed by atoms with E-state index in [1.165, 1.54) is 12.1 Å². The number of nitrogens with one attached hydrogen (secondary N) is 2. The summed E-state index contributed by atoms with van der Waals surface area (Å²) in [6.45, 7) is 7.03. The Morgan fingerprint density at radius 2 is 1.92 bits per heavy atom. The molecular formula is C18H30FIN4O. The summed E-state index contributed by atoms with van der Waals surface area (Å²) < 4.78 is 18.7. The fourth-order valence-corrected chi connectivity index (χ4v) is 2.83.